The Morgan fingerprint density at radius 3 is 2.58 bits per heavy atom. The number of hydrogen-bond acceptors (Lipinski definition) is 5. The molecule has 1 atom stereocenters. The van der Waals surface area contributed by atoms with Gasteiger partial charge in [0.05, 0.1) is 24.1 Å². The Hall–Kier alpha value is -2.13. The summed E-state index contributed by atoms with van der Waals surface area (Å²) in [5.74, 6) is -0.0874. The first-order chi connectivity index (χ1) is 11.3. The molecule has 2 N–H and O–H groups in total. The molecule has 0 fully saturated rings. The lowest BCUT2D eigenvalue weighted by Crippen LogP contribution is -2.27. The van der Waals surface area contributed by atoms with Crippen LogP contribution in [0.15, 0.2) is 29.3 Å². The van der Waals surface area contributed by atoms with Gasteiger partial charge in [0.25, 0.3) is 5.56 Å². The molecule has 6 nitrogen and oxygen atoms in total. The highest BCUT2D eigenvalue weighted by atomic mass is 35.5. The highest BCUT2D eigenvalue weighted by molar-refractivity contribution is 6.32. The smallest absolute Gasteiger partial charge is 0.394 e. The number of hydrogen-bond donors (Lipinski definition) is 2. The normalized spacial score (nSPS) is 12.9. The van der Waals surface area contributed by atoms with E-state index in [2.05, 4.69) is 15.4 Å². The Balaban J connectivity index is 2.36. The summed E-state index contributed by atoms with van der Waals surface area (Å²) in [6.45, 7) is 1.68. The predicted molar refractivity (Wildman–Crippen MR) is 82.4 cm³/mol. The van der Waals surface area contributed by atoms with Crippen molar-refractivity contribution in [3.05, 3.63) is 45.5 Å². The van der Waals surface area contributed by atoms with Crippen molar-refractivity contribution in [1.82, 2.24) is 14.8 Å². The van der Waals surface area contributed by atoms with E-state index in [-0.39, 0.29) is 29.2 Å². The van der Waals surface area contributed by atoms with Crippen molar-refractivity contribution in [2.24, 2.45) is 0 Å². The molecule has 0 bridgehead atoms. The lowest BCUT2D eigenvalue weighted by atomic mass is 10.2. The fourth-order valence-corrected chi connectivity index (χ4v) is 2.06. The van der Waals surface area contributed by atoms with Gasteiger partial charge < -0.3 is 10.4 Å². The van der Waals surface area contributed by atoms with Crippen LogP contribution < -0.4 is 10.9 Å². The van der Waals surface area contributed by atoms with E-state index in [4.69, 9.17) is 16.7 Å². The van der Waals surface area contributed by atoms with Gasteiger partial charge in [-0.05, 0) is 18.6 Å². The molecule has 0 spiro atoms. The van der Waals surface area contributed by atoms with Gasteiger partial charge >= 0.3 is 6.18 Å². The first-order valence-electron chi connectivity index (χ1n) is 6.96. The predicted octanol–water partition coefficient (Wildman–Crippen LogP) is 2.48. The van der Waals surface area contributed by atoms with E-state index in [1.54, 1.807) is 0 Å². The second-order valence-electron chi connectivity index (χ2n) is 4.92. The molecular formula is C14H14ClF3N4O2. The van der Waals surface area contributed by atoms with Gasteiger partial charge in [0.15, 0.2) is 5.82 Å². The Bertz CT molecular complexity index is 758. The molecule has 0 aliphatic carbocycles. The number of nitrogens with zero attached hydrogens (tertiary/aromatic N) is 3. The minimum absolute atomic E-state index is 0.0874. The zero-order valence-corrected chi connectivity index (χ0v) is 13.3. The van der Waals surface area contributed by atoms with Gasteiger partial charge in [-0.15, -0.1) is 0 Å². The van der Waals surface area contributed by atoms with Crippen LogP contribution in [-0.4, -0.2) is 32.5 Å². The van der Waals surface area contributed by atoms with Gasteiger partial charge in [0.1, 0.15) is 5.02 Å². The molecule has 0 aliphatic rings. The van der Waals surface area contributed by atoms with E-state index < -0.39 is 17.3 Å². The van der Waals surface area contributed by atoms with Crippen LogP contribution in [0.5, 0.6) is 0 Å². The average molecular weight is 363 g/mol. The largest absolute Gasteiger partial charge is 0.417 e. The van der Waals surface area contributed by atoms with Crippen molar-refractivity contribution in [3.63, 3.8) is 0 Å². The number of nitrogens with one attached hydrogen (secondary N) is 1. The molecule has 130 valence electrons. The maximum Gasteiger partial charge on any atom is 0.417 e. The molecule has 24 heavy (non-hydrogen) atoms. The van der Waals surface area contributed by atoms with Gasteiger partial charge in [-0.1, -0.05) is 18.5 Å². The van der Waals surface area contributed by atoms with E-state index >= 15 is 0 Å². The molecule has 0 saturated carbocycles. The summed E-state index contributed by atoms with van der Waals surface area (Å²) in [5.41, 5.74) is -1.44. The van der Waals surface area contributed by atoms with E-state index in [0.29, 0.717) is 12.6 Å². The highest BCUT2D eigenvalue weighted by Crippen LogP contribution is 2.28. The summed E-state index contributed by atoms with van der Waals surface area (Å²) in [6.07, 6.45) is -2.06. The molecule has 0 unspecified atom stereocenters. The zero-order valence-electron chi connectivity index (χ0n) is 12.5. The summed E-state index contributed by atoms with van der Waals surface area (Å²) >= 11 is 5.98. The molecular weight excluding hydrogens is 349 g/mol. The minimum Gasteiger partial charge on any atom is -0.394 e. The van der Waals surface area contributed by atoms with Crippen molar-refractivity contribution in [1.29, 1.82) is 0 Å². The number of pyridine rings is 1. The van der Waals surface area contributed by atoms with Crippen molar-refractivity contribution >= 4 is 17.3 Å². The Labute approximate surface area is 139 Å². The fourth-order valence-electron chi connectivity index (χ4n) is 1.87. The molecule has 0 aliphatic heterocycles. The maximum absolute atomic E-state index is 12.5. The number of alkyl halides is 3. The lowest BCUT2D eigenvalue weighted by molar-refractivity contribution is -0.137. The molecule has 2 aromatic rings. The molecule has 2 rings (SSSR count). The summed E-state index contributed by atoms with van der Waals surface area (Å²) in [4.78, 5) is 15.8. The monoisotopic (exact) mass is 362 g/mol. The first kappa shape index (κ1) is 18.2. The Morgan fingerprint density at radius 1 is 1.38 bits per heavy atom. The maximum atomic E-state index is 12.5. The van der Waals surface area contributed by atoms with Crippen molar-refractivity contribution in [3.8, 4) is 5.82 Å². The molecule has 2 heterocycles. The van der Waals surface area contributed by atoms with Crippen molar-refractivity contribution < 1.29 is 18.3 Å². The topological polar surface area (TPSA) is 80.0 Å². The third-order valence-electron chi connectivity index (χ3n) is 3.28. The molecule has 0 amide bonds. The van der Waals surface area contributed by atoms with Gasteiger partial charge in [0, 0.05) is 12.2 Å². The lowest BCUT2D eigenvalue weighted by Gasteiger charge is -2.16. The van der Waals surface area contributed by atoms with Crippen LogP contribution in [-0.2, 0) is 6.18 Å². The standard InChI is InChI=1S/C14H14ClF3N4O2/c1-2-9(7-23)21-10-6-20-22(13(24)12(10)15)11-4-3-8(5-19-11)14(16,17)18/h3-6,9,21,23H,2,7H2,1H3/t9-/m1/s1. The second kappa shape index (κ2) is 7.18. The summed E-state index contributed by atoms with van der Waals surface area (Å²) in [5, 5.41) is 15.7. The third-order valence-corrected chi connectivity index (χ3v) is 3.65. The van der Waals surface area contributed by atoms with Crippen LogP contribution in [0, 0.1) is 0 Å². The van der Waals surface area contributed by atoms with Gasteiger partial charge in [-0.25, -0.2) is 4.98 Å². The second-order valence-corrected chi connectivity index (χ2v) is 5.30. The van der Waals surface area contributed by atoms with E-state index in [1.165, 1.54) is 6.20 Å². The summed E-state index contributed by atoms with van der Waals surface area (Å²) in [7, 11) is 0. The van der Waals surface area contributed by atoms with Crippen LogP contribution in [0.3, 0.4) is 0 Å². The van der Waals surface area contributed by atoms with Crippen LogP contribution in [0.1, 0.15) is 18.9 Å². The number of halogens is 4. The van der Waals surface area contributed by atoms with E-state index in [0.717, 1.165) is 16.8 Å². The van der Waals surface area contributed by atoms with Crippen molar-refractivity contribution in [2.45, 2.75) is 25.6 Å². The van der Waals surface area contributed by atoms with E-state index in [9.17, 15) is 18.0 Å². The Kier molecular flexibility index (Phi) is 5.45. The summed E-state index contributed by atoms with van der Waals surface area (Å²) in [6, 6.07) is 1.53. The van der Waals surface area contributed by atoms with Gasteiger partial charge in [-0.3, -0.25) is 4.79 Å². The molecule has 0 aromatic carbocycles. The SMILES string of the molecule is CC[C@H](CO)Nc1cnn(-c2ccc(C(F)(F)F)cn2)c(=O)c1Cl. The van der Waals surface area contributed by atoms with Crippen molar-refractivity contribution in [2.75, 3.05) is 11.9 Å². The number of rotatable bonds is 5. The molecule has 0 radical (unpaired) electrons. The summed E-state index contributed by atoms with van der Waals surface area (Å²) < 4.78 is 38.4. The highest BCUT2D eigenvalue weighted by Gasteiger charge is 2.30. The van der Waals surface area contributed by atoms with Crippen LogP contribution >= 0.6 is 11.6 Å². The number of aliphatic hydroxyl groups is 1. The fraction of sp³-hybridized carbons (Fsp3) is 0.357. The van der Waals surface area contributed by atoms with Crippen LogP contribution in [0.4, 0.5) is 18.9 Å². The van der Waals surface area contributed by atoms with E-state index in [1.807, 2.05) is 6.92 Å². The quantitative estimate of drug-likeness (QED) is 0.854. The minimum atomic E-state index is -4.52. The molecule has 10 heteroatoms. The average Bonchev–Trinajstić information content (AvgIpc) is 2.55. The molecule has 2 aromatic heterocycles. The van der Waals surface area contributed by atoms with Gasteiger partial charge in [0.2, 0.25) is 0 Å². The van der Waals surface area contributed by atoms with Crippen LogP contribution in [0.25, 0.3) is 5.82 Å². The number of anilines is 1. The molecule has 0 saturated heterocycles. The Morgan fingerprint density at radius 2 is 2.08 bits per heavy atom. The number of aliphatic hydroxyl groups excluding tert-OH is 1. The third kappa shape index (κ3) is 3.85. The van der Waals surface area contributed by atoms with Crippen LogP contribution in [0.2, 0.25) is 5.02 Å². The first-order valence-corrected chi connectivity index (χ1v) is 7.34. The van der Waals surface area contributed by atoms with Gasteiger partial charge in [-0.2, -0.15) is 23.0 Å². The zero-order chi connectivity index (χ0) is 17.9. The number of aromatic nitrogens is 3.